The SMILES string of the molecule is CSCCC(CC1OCCc2ccccc21)NN. The Hall–Kier alpha value is -0.550. The lowest BCUT2D eigenvalue weighted by Gasteiger charge is -2.29. The monoisotopic (exact) mass is 266 g/mol. The van der Waals surface area contributed by atoms with E-state index in [-0.39, 0.29) is 6.10 Å². The molecule has 0 fully saturated rings. The summed E-state index contributed by atoms with van der Waals surface area (Å²) in [5.41, 5.74) is 5.69. The number of rotatable bonds is 6. The first-order chi connectivity index (χ1) is 8.85. The van der Waals surface area contributed by atoms with Crippen molar-refractivity contribution in [1.29, 1.82) is 0 Å². The fourth-order valence-corrected chi connectivity index (χ4v) is 2.98. The fraction of sp³-hybridized carbons (Fsp3) is 0.571. The predicted molar refractivity (Wildman–Crippen MR) is 77.6 cm³/mol. The second-order valence-electron chi connectivity index (χ2n) is 4.69. The Kier molecular flexibility index (Phi) is 5.50. The summed E-state index contributed by atoms with van der Waals surface area (Å²) in [7, 11) is 0. The van der Waals surface area contributed by atoms with E-state index in [1.54, 1.807) is 0 Å². The van der Waals surface area contributed by atoms with Crippen LogP contribution in [0.5, 0.6) is 0 Å². The van der Waals surface area contributed by atoms with Gasteiger partial charge in [-0.15, -0.1) is 0 Å². The number of hydrogen-bond acceptors (Lipinski definition) is 4. The molecule has 2 rings (SSSR count). The minimum Gasteiger partial charge on any atom is -0.373 e. The maximum atomic E-state index is 5.91. The van der Waals surface area contributed by atoms with Gasteiger partial charge in [-0.05, 0) is 42.4 Å². The molecule has 100 valence electrons. The molecule has 3 nitrogen and oxygen atoms in total. The second kappa shape index (κ2) is 7.14. The zero-order chi connectivity index (χ0) is 12.8. The molecule has 1 aromatic carbocycles. The van der Waals surface area contributed by atoms with Crippen molar-refractivity contribution in [1.82, 2.24) is 5.43 Å². The zero-order valence-electron chi connectivity index (χ0n) is 10.9. The minimum atomic E-state index is 0.192. The van der Waals surface area contributed by atoms with E-state index in [9.17, 15) is 0 Å². The number of fused-ring (bicyclic) bond motifs is 1. The predicted octanol–water partition coefficient (Wildman–Crippen LogP) is 2.28. The van der Waals surface area contributed by atoms with Gasteiger partial charge in [0.1, 0.15) is 0 Å². The number of hydrazine groups is 1. The molecule has 1 aliphatic rings. The van der Waals surface area contributed by atoms with Gasteiger partial charge in [-0.2, -0.15) is 11.8 Å². The molecular weight excluding hydrogens is 244 g/mol. The van der Waals surface area contributed by atoms with E-state index < -0.39 is 0 Å². The highest BCUT2D eigenvalue weighted by Gasteiger charge is 2.23. The van der Waals surface area contributed by atoms with Crippen molar-refractivity contribution in [2.24, 2.45) is 5.84 Å². The largest absolute Gasteiger partial charge is 0.373 e. The third kappa shape index (κ3) is 3.48. The van der Waals surface area contributed by atoms with Crippen molar-refractivity contribution in [3.63, 3.8) is 0 Å². The summed E-state index contributed by atoms with van der Waals surface area (Å²) < 4.78 is 5.91. The van der Waals surface area contributed by atoms with E-state index in [2.05, 4.69) is 35.9 Å². The summed E-state index contributed by atoms with van der Waals surface area (Å²) in [6.45, 7) is 0.821. The third-order valence-electron chi connectivity index (χ3n) is 3.50. The maximum absolute atomic E-state index is 5.91. The molecule has 0 saturated carbocycles. The molecule has 2 atom stereocenters. The second-order valence-corrected chi connectivity index (χ2v) is 5.67. The number of nitrogens with two attached hydrogens (primary N) is 1. The van der Waals surface area contributed by atoms with Crippen molar-refractivity contribution >= 4 is 11.8 Å². The first kappa shape index (κ1) is 13.9. The number of hydrogen-bond donors (Lipinski definition) is 2. The molecule has 0 aromatic heterocycles. The molecule has 3 N–H and O–H groups in total. The third-order valence-corrected chi connectivity index (χ3v) is 4.14. The molecule has 0 spiro atoms. The number of benzene rings is 1. The van der Waals surface area contributed by atoms with Crippen molar-refractivity contribution in [3.8, 4) is 0 Å². The molecule has 0 bridgehead atoms. The van der Waals surface area contributed by atoms with Gasteiger partial charge < -0.3 is 4.74 Å². The van der Waals surface area contributed by atoms with Crippen LogP contribution in [0.3, 0.4) is 0 Å². The van der Waals surface area contributed by atoms with Crippen molar-refractivity contribution < 1.29 is 4.74 Å². The van der Waals surface area contributed by atoms with Crippen LogP contribution in [0.2, 0.25) is 0 Å². The number of ether oxygens (including phenoxy) is 1. The maximum Gasteiger partial charge on any atom is 0.0843 e. The Bertz CT molecular complexity index is 373. The summed E-state index contributed by atoms with van der Waals surface area (Å²) in [4.78, 5) is 0. The fourth-order valence-electron chi connectivity index (χ4n) is 2.46. The lowest BCUT2D eigenvalue weighted by molar-refractivity contribution is 0.0292. The quantitative estimate of drug-likeness (QED) is 0.612. The van der Waals surface area contributed by atoms with Gasteiger partial charge in [0.2, 0.25) is 0 Å². The van der Waals surface area contributed by atoms with Crippen LogP contribution in [-0.2, 0) is 11.2 Å². The summed E-state index contributed by atoms with van der Waals surface area (Å²) in [5, 5.41) is 0. The summed E-state index contributed by atoms with van der Waals surface area (Å²) in [5.74, 6) is 6.76. The summed E-state index contributed by atoms with van der Waals surface area (Å²) >= 11 is 1.86. The lowest BCUT2D eigenvalue weighted by atomic mass is 9.93. The highest BCUT2D eigenvalue weighted by molar-refractivity contribution is 7.98. The van der Waals surface area contributed by atoms with Gasteiger partial charge in [0.05, 0.1) is 12.7 Å². The molecule has 0 radical (unpaired) electrons. The van der Waals surface area contributed by atoms with Crippen LogP contribution in [0.4, 0.5) is 0 Å². The van der Waals surface area contributed by atoms with E-state index in [0.717, 1.165) is 31.6 Å². The van der Waals surface area contributed by atoms with Gasteiger partial charge in [-0.1, -0.05) is 24.3 Å². The molecule has 18 heavy (non-hydrogen) atoms. The van der Waals surface area contributed by atoms with E-state index >= 15 is 0 Å². The van der Waals surface area contributed by atoms with Crippen molar-refractivity contribution in [3.05, 3.63) is 35.4 Å². The molecule has 1 aromatic rings. The van der Waals surface area contributed by atoms with Gasteiger partial charge in [-0.3, -0.25) is 11.3 Å². The average molecular weight is 266 g/mol. The molecule has 0 saturated heterocycles. The molecule has 0 aliphatic carbocycles. The van der Waals surface area contributed by atoms with Gasteiger partial charge in [-0.25, -0.2) is 0 Å². The van der Waals surface area contributed by atoms with Crippen LogP contribution in [0.15, 0.2) is 24.3 Å². The topological polar surface area (TPSA) is 47.3 Å². The van der Waals surface area contributed by atoms with Gasteiger partial charge in [0, 0.05) is 6.04 Å². The first-order valence-electron chi connectivity index (χ1n) is 6.49. The molecule has 0 amide bonds. The van der Waals surface area contributed by atoms with Crippen LogP contribution in [0.25, 0.3) is 0 Å². The lowest BCUT2D eigenvalue weighted by Crippen LogP contribution is -2.37. The van der Waals surface area contributed by atoms with E-state index in [1.165, 1.54) is 11.1 Å². The highest BCUT2D eigenvalue weighted by atomic mass is 32.2. The Morgan fingerprint density at radius 3 is 3.11 bits per heavy atom. The first-order valence-corrected chi connectivity index (χ1v) is 7.89. The van der Waals surface area contributed by atoms with Crippen molar-refractivity contribution in [2.75, 3.05) is 18.6 Å². The minimum absolute atomic E-state index is 0.192. The Morgan fingerprint density at radius 2 is 2.33 bits per heavy atom. The molecule has 1 heterocycles. The smallest absolute Gasteiger partial charge is 0.0843 e. The van der Waals surface area contributed by atoms with Crippen LogP contribution in [0, 0.1) is 0 Å². The van der Waals surface area contributed by atoms with Gasteiger partial charge >= 0.3 is 0 Å². The van der Waals surface area contributed by atoms with Gasteiger partial charge in [0.25, 0.3) is 0 Å². The Balaban J connectivity index is 2.01. The normalized spacial score (nSPS) is 20.4. The summed E-state index contributed by atoms with van der Waals surface area (Å²) in [6.07, 6.45) is 5.38. The van der Waals surface area contributed by atoms with Crippen LogP contribution in [-0.4, -0.2) is 24.7 Å². The molecule has 4 heteroatoms. The molecule has 1 aliphatic heterocycles. The average Bonchev–Trinajstić information content (AvgIpc) is 2.43. The molecular formula is C14H22N2OS. The number of thioether (sulfide) groups is 1. The van der Waals surface area contributed by atoms with Crippen LogP contribution in [0.1, 0.15) is 30.1 Å². The van der Waals surface area contributed by atoms with E-state index in [0.29, 0.717) is 6.04 Å². The van der Waals surface area contributed by atoms with Crippen LogP contribution < -0.4 is 11.3 Å². The standard InChI is InChI=1S/C14H22N2OS/c1-18-9-7-12(16-15)10-14-13-5-3-2-4-11(13)6-8-17-14/h2-5,12,14,16H,6-10,15H2,1H3. The van der Waals surface area contributed by atoms with E-state index in [4.69, 9.17) is 10.6 Å². The zero-order valence-corrected chi connectivity index (χ0v) is 11.7. The number of nitrogens with one attached hydrogen (secondary N) is 1. The van der Waals surface area contributed by atoms with Crippen molar-refractivity contribution in [2.45, 2.75) is 31.4 Å². The molecule has 2 unspecified atom stereocenters. The summed E-state index contributed by atoms with van der Waals surface area (Å²) in [6, 6.07) is 8.91. The Morgan fingerprint density at radius 1 is 1.50 bits per heavy atom. The highest BCUT2D eigenvalue weighted by Crippen LogP contribution is 2.30. The van der Waals surface area contributed by atoms with Crippen LogP contribution >= 0.6 is 11.8 Å². The van der Waals surface area contributed by atoms with E-state index in [1.807, 2.05) is 11.8 Å². The van der Waals surface area contributed by atoms with Gasteiger partial charge in [0.15, 0.2) is 0 Å². The Labute approximate surface area is 113 Å².